The van der Waals surface area contributed by atoms with E-state index >= 15 is 0 Å². The maximum absolute atomic E-state index is 12.0. The molecule has 1 amide bonds. The van der Waals surface area contributed by atoms with Gasteiger partial charge in [0.2, 0.25) is 5.91 Å². The van der Waals surface area contributed by atoms with Crippen molar-refractivity contribution in [1.29, 1.82) is 0 Å². The van der Waals surface area contributed by atoms with E-state index in [9.17, 15) is 9.90 Å². The normalized spacial score (nSPS) is 10.6. The summed E-state index contributed by atoms with van der Waals surface area (Å²) in [5.41, 5.74) is 3.15. The van der Waals surface area contributed by atoms with E-state index in [1.54, 1.807) is 35.9 Å². The van der Waals surface area contributed by atoms with Crippen LogP contribution < -0.4 is 5.32 Å². The first-order valence-electron chi connectivity index (χ1n) is 8.60. The van der Waals surface area contributed by atoms with Crippen LogP contribution in [0.25, 0.3) is 10.6 Å². The number of nitrogens with zero attached hydrogens (tertiary/aromatic N) is 2. The molecule has 0 spiro atoms. The lowest BCUT2D eigenvalue weighted by atomic mass is 10.1. The molecule has 5 nitrogen and oxygen atoms in total. The summed E-state index contributed by atoms with van der Waals surface area (Å²) in [7, 11) is 0. The van der Waals surface area contributed by atoms with Crippen LogP contribution in [0.15, 0.2) is 54.2 Å². The lowest BCUT2D eigenvalue weighted by Gasteiger charge is -2.05. The topological polar surface area (TPSA) is 75.1 Å². The standard InChI is InChI=1S/C20H21N3O2S/c24-18-6-3-15(4-7-18)2-1-11-22-19(25)8-5-17-14-26-20(23-17)16-9-12-21-13-10-16/h3-4,6-7,9-10,12-14,24H,1-2,5,8,11H2,(H,22,25). The monoisotopic (exact) mass is 367 g/mol. The van der Waals surface area contributed by atoms with Crippen LogP contribution in [0.2, 0.25) is 0 Å². The van der Waals surface area contributed by atoms with Crippen molar-refractivity contribution in [2.75, 3.05) is 6.54 Å². The van der Waals surface area contributed by atoms with E-state index in [0.29, 0.717) is 19.4 Å². The van der Waals surface area contributed by atoms with Gasteiger partial charge in [0.25, 0.3) is 0 Å². The van der Waals surface area contributed by atoms with Crippen LogP contribution in [0.1, 0.15) is 24.1 Å². The number of rotatable bonds is 8. The summed E-state index contributed by atoms with van der Waals surface area (Å²) in [6.07, 6.45) is 6.34. The van der Waals surface area contributed by atoms with E-state index in [-0.39, 0.29) is 11.7 Å². The average Bonchev–Trinajstić information content (AvgIpc) is 3.15. The minimum atomic E-state index is 0.0502. The smallest absolute Gasteiger partial charge is 0.220 e. The summed E-state index contributed by atoms with van der Waals surface area (Å²) >= 11 is 1.59. The van der Waals surface area contributed by atoms with Crippen molar-refractivity contribution in [2.24, 2.45) is 0 Å². The molecule has 2 heterocycles. The van der Waals surface area contributed by atoms with Crippen molar-refractivity contribution in [3.63, 3.8) is 0 Å². The number of phenolic OH excluding ortho intramolecular Hbond substituents is 1. The molecule has 26 heavy (non-hydrogen) atoms. The first-order chi connectivity index (χ1) is 12.7. The first kappa shape index (κ1) is 18.1. The maximum atomic E-state index is 12.0. The number of benzene rings is 1. The summed E-state index contributed by atoms with van der Waals surface area (Å²) in [6, 6.07) is 11.0. The fraction of sp³-hybridized carbons (Fsp3) is 0.250. The van der Waals surface area contributed by atoms with Gasteiger partial charge in [-0.25, -0.2) is 4.98 Å². The molecule has 0 aliphatic rings. The van der Waals surface area contributed by atoms with Crippen molar-refractivity contribution in [3.8, 4) is 16.3 Å². The van der Waals surface area contributed by atoms with Gasteiger partial charge in [-0.3, -0.25) is 9.78 Å². The molecule has 0 radical (unpaired) electrons. The second-order valence-corrected chi connectivity index (χ2v) is 6.86. The summed E-state index contributed by atoms with van der Waals surface area (Å²) in [5, 5.41) is 15.2. The van der Waals surface area contributed by atoms with Crippen LogP contribution in [-0.4, -0.2) is 27.5 Å². The minimum absolute atomic E-state index is 0.0502. The minimum Gasteiger partial charge on any atom is -0.508 e. The Labute approximate surface area is 156 Å². The second kappa shape index (κ2) is 9.10. The zero-order chi connectivity index (χ0) is 18.2. The van der Waals surface area contributed by atoms with E-state index in [2.05, 4.69) is 15.3 Å². The second-order valence-electron chi connectivity index (χ2n) is 6.00. The van der Waals surface area contributed by atoms with Crippen LogP contribution in [0.3, 0.4) is 0 Å². The number of nitrogens with one attached hydrogen (secondary N) is 1. The Bertz CT molecular complexity index is 832. The third-order valence-electron chi connectivity index (χ3n) is 3.99. The van der Waals surface area contributed by atoms with Gasteiger partial charge in [-0.05, 0) is 49.1 Å². The number of carbonyl (C=O) groups is 1. The van der Waals surface area contributed by atoms with Gasteiger partial charge in [-0.15, -0.1) is 11.3 Å². The number of amides is 1. The maximum Gasteiger partial charge on any atom is 0.220 e. The van der Waals surface area contributed by atoms with Crippen LogP contribution in [-0.2, 0) is 17.6 Å². The van der Waals surface area contributed by atoms with Crippen LogP contribution in [0.5, 0.6) is 5.75 Å². The van der Waals surface area contributed by atoms with Crippen molar-refractivity contribution in [1.82, 2.24) is 15.3 Å². The number of pyridine rings is 1. The van der Waals surface area contributed by atoms with Gasteiger partial charge in [-0.1, -0.05) is 12.1 Å². The lowest BCUT2D eigenvalue weighted by Crippen LogP contribution is -2.25. The number of phenols is 1. The molecule has 6 heteroatoms. The highest BCUT2D eigenvalue weighted by molar-refractivity contribution is 7.13. The van der Waals surface area contributed by atoms with Gasteiger partial charge in [0.15, 0.2) is 0 Å². The highest BCUT2D eigenvalue weighted by Gasteiger charge is 2.07. The Morgan fingerprint density at radius 1 is 1.08 bits per heavy atom. The van der Waals surface area contributed by atoms with Gasteiger partial charge >= 0.3 is 0 Å². The van der Waals surface area contributed by atoms with E-state index in [4.69, 9.17) is 0 Å². The number of hydrogen-bond donors (Lipinski definition) is 2. The molecule has 0 unspecified atom stereocenters. The molecule has 0 saturated heterocycles. The van der Waals surface area contributed by atoms with E-state index in [1.807, 2.05) is 29.6 Å². The number of hydrogen-bond acceptors (Lipinski definition) is 5. The fourth-order valence-corrected chi connectivity index (χ4v) is 3.42. The summed E-state index contributed by atoms with van der Waals surface area (Å²) in [5.74, 6) is 0.324. The van der Waals surface area contributed by atoms with E-state index < -0.39 is 0 Å². The number of carbonyl (C=O) groups excluding carboxylic acids is 1. The highest BCUT2D eigenvalue weighted by Crippen LogP contribution is 2.23. The molecule has 0 aliphatic carbocycles. The Balaban J connectivity index is 1.36. The molecule has 3 aromatic rings. The van der Waals surface area contributed by atoms with Gasteiger partial charge in [0, 0.05) is 36.3 Å². The highest BCUT2D eigenvalue weighted by atomic mass is 32.1. The third kappa shape index (κ3) is 5.39. The quantitative estimate of drug-likeness (QED) is 0.597. The fourth-order valence-electron chi connectivity index (χ4n) is 2.56. The molecule has 0 aliphatic heterocycles. The Morgan fingerprint density at radius 3 is 2.62 bits per heavy atom. The molecule has 2 N–H and O–H groups in total. The summed E-state index contributed by atoms with van der Waals surface area (Å²) < 4.78 is 0. The molecule has 0 bridgehead atoms. The third-order valence-corrected chi connectivity index (χ3v) is 4.93. The van der Waals surface area contributed by atoms with E-state index in [0.717, 1.165) is 34.7 Å². The molecule has 134 valence electrons. The molecule has 3 rings (SSSR count). The molecule has 2 aromatic heterocycles. The van der Waals surface area contributed by atoms with Gasteiger partial charge in [0.1, 0.15) is 10.8 Å². The van der Waals surface area contributed by atoms with E-state index in [1.165, 1.54) is 0 Å². The Morgan fingerprint density at radius 2 is 1.85 bits per heavy atom. The van der Waals surface area contributed by atoms with Crippen LogP contribution >= 0.6 is 11.3 Å². The molecule has 1 aromatic carbocycles. The average molecular weight is 367 g/mol. The lowest BCUT2D eigenvalue weighted by molar-refractivity contribution is -0.121. The van der Waals surface area contributed by atoms with Crippen LogP contribution in [0.4, 0.5) is 0 Å². The van der Waals surface area contributed by atoms with Gasteiger partial charge < -0.3 is 10.4 Å². The largest absolute Gasteiger partial charge is 0.508 e. The number of aromatic nitrogens is 2. The molecular weight excluding hydrogens is 346 g/mol. The summed E-state index contributed by atoms with van der Waals surface area (Å²) in [4.78, 5) is 20.6. The molecule has 0 atom stereocenters. The number of aromatic hydroxyl groups is 1. The molecular formula is C20H21N3O2S. The van der Waals surface area contributed by atoms with Crippen molar-refractivity contribution in [2.45, 2.75) is 25.7 Å². The molecule has 0 fully saturated rings. The Hall–Kier alpha value is -2.73. The molecule has 0 saturated carbocycles. The summed E-state index contributed by atoms with van der Waals surface area (Å²) in [6.45, 7) is 0.652. The Kier molecular flexibility index (Phi) is 6.33. The van der Waals surface area contributed by atoms with Crippen LogP contribution in [0, 0.1) is 0 Å². The zero-order valence-electron chi connectivity index (χ0n) is 14.4. The van der Waals surface area contributed by atoms with Crippen molar-refractivity contribution < 1.29 is 9.90 Å². The number of thiazole rings is 1. The van der Waals surface area contributed by atoms with Crippen molar-refractivity contribution >= 4 is 17.2 Å². The zero-order valence-corrected chi connectivity index (χ0v) is 15.2. The van der Waals surface area contributed by atoms with Gasteiger partial charge in [0.05, 0.1) is 5.69 Å². The first-order valence-corrected chi connectivity index (χ1v) is 9.48. The SMILES string of the molecule is O=C(CCc1csc(-c2ccncc2)n1)NCCCc1ccc(O)cc1. The van der Waals surface area contributed by atoms with Crippen molar-refractivity contribution in [3.05, 3.63) is 65.4 Å². The van der Waals surface area contributed by atoms with Gasteiger partial charge in [-0.2, -0.15) is 0 Å². The predicted molar refractivity (Wildman–Crippen MR) is 103 cm³/mol. The predicted octanol–water partition coefficient (Wildman–Crippen LogP) is 3.59. The number of aryl methyl sites for hydroxylation is 2.